The van der Waals surface area contributed by atoms with Gasteiger partial charge in [0.05, 0.1) is 10.6 Å². The van der Waals surface area contributed by atoms with E-state index in [1.807, 2.05) is 6.92 Å². The largest absolute Gasteiger partial charge is 0.280 e. The first-order valence-electron chi connectivity index (χ1n) is 9.01. The third-order valence-electron chi connectivity index (χ3n) is 4.73. The van der Waals surface area contributed by atoms with Gasteiger partial charge in [-0.1, -0.05) is 19.1 Å². The summed E-state index contributed by atoms with van der Waals surface area (Å²) >= 11 is 0. The van der Waals surface area contributed by atoms with Gasteiger partial charge in [0, 0.05) is 18.8 Å². The van der Waals surface area contributed by atoms with E-state index in [1.165, 1.54) is 16.4 Å². The van der Waals surface area contributed by atoms with Crippen LogP contribution in [-0.2, 0) is 33.0 Å². The zero-order valence-corrected chi connectivity index (χ0v) is 17.4. The molecule has 0 amide bonds. The van der Waals surface area contributed by atoms with Crippen molar-refractivity contribution in [3.63, 3.8) is 0 Å². The van der Waals surface area contributed by atoms with Crippen LogP contribution < -0.4 is 4.72 Å². The second-order valence-electron chi connectivity index (χ2n) is 6.90. The van der Waals surface area contributed by atoms with Crippen LogP contribution in [0.4, 0.5) is 10.1 Å². The van der Waals surface area contributed by atoms with Crippen molar-refractivity contribution in [1.29, 1.82) is 0 Å². The van der Waals surface area contributed by atoms with Gasteiger partial charge in [0.1, 0.15) is 5.82 Å². The maximum Gasteiger partial charge on any atom is 0.262 e. The van der Waals surface area contributed by atoms with E-state index < -0.39 is 25.9 Å². The van der Waals surface area contributed by atoms with Crippen LogP contribution in [-0.4, -0.2) is 33.4 Å². The lowest BCUT2D eigenvalue weighted by Crippen LogP contribution is -2.37. The Balaban J connectivity index is 1.87. The van der Waals surface area contributed by atoms with Crippen molar-refractivity contribution >= 4 is 25.7 Å². The fraction of sp³-hybridized carbons (Fsp3) is 0.368. The number of rotatable bonds is 6. The van der Waals surface area contributed by atoms with Crippen molar-refractivity contribution in [2.75, 3.05) is 17.0 Å². The molecule has 1 aliphatic heterocycles. The summed E-state index contributed by atoms with van der Waals surface area (Å²) in [5.41, 5.74) is 2.51. The highest BCUT2D eigenvalue weighted by molar-refractivity contribution is 7.92. The molecule has 0 aromatic heterocycles. The molecule has 0 saturated carbocycles. The van der Waals surface area contributed by atoms with E-state index in [0.29, 0.717) is 30.6 Å². The summed E-state index contributed by atoms with van der Waals surface area (Å²) in [4.78, 5) is -0.127. The molecule has 1 N–H and O–H groups in total. The van der Waals surface area contributed by atoms with Gasteiger partial charge in [0.25, 0.3) is 10.0 Å². The Morgan fingerprint density at radius 3 is 2.54 bits per heavy atom. The standard InChI is InChI=1S/C19H23FN2O4S2/c1-3-10-27(23,24)22-9-8-15-5-7-18(11-16(15)13-22)21-28(25,26)19-12-17(20)6-4-14(19)2/h4-7,11-12,21H,3,8-10,13H2,1-2H3. The summed E-state index contributed by atoms with van der Waals surface area (Å²) in [6.45, 7) is 4.04. The lowest BCUT2D eigenvalue weighted by molar-refractivity contribution is 0.391. The van der Waals surface area contributed by atoms with Gasteiger partial charge in [-0.25, -0.2) is 21.2 Å². The van der Waals surface area contributed by atoms with Crippen molar-refractivity contribution in [3.05, 3.63) is 58.9 Å². The van der Waals surface area contributed by atoms with Crippen LogP contribution in [0.5, 0.6) is 0 Å². The molecule has 0 fully saturated rings. The van der Waals surface area contributed by atoms with Crippen molar-refractivity contribution < 1.29 is 21.2 Å². The Bertz CT molecular complexity index is 1100. The number of anilines is 1. The molecule has 9 heteroatoms. The molecule has 0 bridgehead atoms. The first-order valence-corrected chi connectivity index (χ1v) is 12.1. The normalized spacial score (nSPS) is 15.2. The van der Waals surface area contributed by atoms with Gasteiger partial charge in [-0.15, -0.1) is 0 Å². The predicted octanol–water partition coefficient (Wildman–Crippen LogP) is 3.03. The number of fused-ring (bicyclic) bond motifs is 1. The Hall–Kier alpha value is -1.97. The van der Waals surface area contributed by atoms with E-state index in [4.69, 9.17) is 0 Å². The van der Waals surface area contributed by atoms with Crippen LogP contribution in [0.3, 0.4) is 0 Å². The highest BCUT2D eigenvalue weighted by Gasteiger charge is 2.26. The molecule has 3 rings (SSSR count). The van der Waals surface area contributed by atoms with Gasteiger partial charge in [0.2, 0.25) is 10.0 Å². The lowest BCUT2D eigenvalue weighted by atomic mass is 10.0. The van der Waals surface area contributed by atoms with Gasteiger partial charge >= 0.3 is 0 Å². The first-order chi connectivity index (χ1) is 13.1. The summed E-state index contributed by atoms with van der Waals surface area (Å²) in [5.74, 6) is -0.541. The van der Waals surface area contributed by atoms with Gasteiger partial charge in [-0.2, -0.15) is 4.31 Å². The minimum absolute atomic E-state index is 0.0908. The van der Waals surface area contributed by atoms with Crippen LogP contribution in [0.15, 0.2) is 41.3 Å². The minimum atomic E-state index is -3.97. The predicted molar refractivity (Wildman–Crippen MR) is 107 cm³/mol. The fourth-order valence-corrected chi connectivity index (χ4v) is 6.08. The molecule has 0 aliphatic carbocycles. The van der Waals surface area contributed by atoms with Crippen molar-refractivity contribution in [2.24, 2.45) is 0 Å². The minimum Gasteiger partial charge on any atom is -0.280 e. The van der Waals surface area contributed by atoms with Crippen LogP contribution in [0.2, 0.25) is 0 Å². The summed E-state index contributed by atoms with van der Waals surface area (Å²) in [5, 5.41) is 0. The maximum absolute atomic E-state index is 13.5. The van der Waals surface area contributed by atoms with Crippen LogP contribution >= 0.6 is 0 Å². The summed E-state index contributed by atoms with van der Waals surface area (Å²) in [7, 11) is -7.29. The molecule has 0 spiro atoms. The third kappa shape index (κ3) is 4.37. The topological polar surface area (TPSA) is 83.6 Å². The van der Waals surface area contributed by atoms with E-state index in [2.05, 4.69) is 4.72 Å². The molecule has 0 unspecified atom stereocenters. The number of nitrogens with one attached hydrogen (secondary N) is 1. The van der Waals surface area contributed by atoms with Crippen molar-refractivity contribution in [3.8, 4) is 0 Å². The molecule has 2 aromatic rings. The number of hydrogen-bond donors (Lipinski definition) is 1. The van der Waals surface area contributed by atoms with E-state index in [-0.39, 0.29) is 17.2 Å². The second kappa shape index (κ2) is 7.81. The third-order valence-corrected chi connectivity index (χ3v) is 8.28. The highest BCUT2D eigenvalue weighted by Crippen LogP contribution is 2.27. The summed E-state index contributed by atoms with van der Waals surface area (Å²) in [6, 6.07) is 8.69. The van der Waals surface area contributed by atoms with E-state index in [9.17, 15) is 21.2 Å². The number of halogens is 1. The van der Waals surface area contributed by atoms with E-state index in [1.54, 1.807) is 25.1 Å². The molecule has 28 heavy (non-hydrogen) atoms. The average Bonchev–Trinajstić information content (AvgIpc) is 2.62. The highest BCUT2D eigenvalue weighted by atomic mass is 32.2. The Labute approximate surface area is 165 Å². The lowest BCUT2D eigenvalue weighted by Gasteiger charge is -2.28. The van der Waals surface area contributed by atoms with Gasteiger partial charge in [-0.05, 0) is 60.7 Å². The Morgan fingerprint density at radius 1 is 1.07 bits per heavy atom. The van der Waals surface area contributed by atoms with E-state index >= 15 is 0 Å². The Kier molecular flexibility index (Phi) is 5.79. The number of benzene rings is 2. The first kappa shape index (κ1) is 20.8. The number of hydrogen-bond acceptors (Lipinski definition) is 4. The van der Waals surface area contributed by atoms with Crippen molar-refractivity contribution in [1.82, 2.24) is 4.31 Å². The van der Waals surface area contributed by atoms with Gasteiger partial charge < -0.3 is 0 Å². The Morgan fingerprint density at radius 2 is 1.82 bits per heavy atom. The van der Waals surface area contributed by atoms with Crippen LogP contribution in [0.1, 0.15) is 30.0 Å². The fourth-order valence-electron chi connectivity index (χ4n) is 3.29. The average molecular weight is 427 g/mol. The quantitative estimate of drug-likeness (QED) is 0.770. The summed E-state index contributed by atoms with van der Waals surface area (Å²) < 4.78 is 67.4. The zero-order chi connectivity index (χ0) is 20.5. The number of sulfonamides is 2. The molecule has 1 heterocycles. The smallest absolute Gasteiger partial charge is 0.262 e. The molecule has 0 atom stereocenters. The summed E-state index contributed by atoms with van der Waals surface area (Å²) in [6.07, 6.45) is 1.12. The molecule has 6 nitrogen and oxygen atoms in total. The number of nitrogens with zero attached hydrogens (tertiary/aromatic N) is 1. The molecule has 2 aromatic carbocycles. The number of aryl methyl sites for hydroxylation is 1. The monoisotopic (exact) mass is 426 g/mol. The van der Waals surface area contributed by atoms with Crippen LogP contribution in [0.25, 0.3) is 0 Å². The van der Waals surface area contributed by atoms with E-state index in [0.717, 1.165) is 17.2 Å². The van der Waals surface area contributed by atoms with Crippen LogP contribution in [0, 0.1) is 12.7 Å². The molecule has 0 saturated heterocycles. The zero-order valence-electron chi connectivity index (χ0n) is 15.8. The van der Waals surface area contributed by atoms with Crippen molar-refractivity contribution in [2.45, 2.75) is 38.1 Å². The molecular formula is C19H23FN2O4S2. The van der Waals surface area contributed by atoms with Gasteiger partial charge in [-0.3, -0.25) is 4.72 Å². The molecule has 0 radical (unpaired) electrons. The molecular weight excluding hydrogens is 403 g/mol. The van der Waals surface area contributed by atoms with Gasteiger partial charge in [0.15, 0.2) is 0 Å². The molecule has 1 aliphatic rings. The SMILES string of the molecule is CCCS(=O)(=O)N1CCc2ccc(NS(=O)(=O)c3cc(F)ccc3C)cc2C1. The molecule has 152 valence electrons. The second-order valence-corrected chi connectivity index (χ2v) is 10.6. The maximum atomic E-state index is 13.5.